The molecule has 0 amide bonds. The Morgan fingerprint density at radius 3 is 2.94 bits per heavy atom. The zero-order chi connectivity index (χ0) is 12.3. The molecule has 17 heavy (non-hydrogen) atoms. The number of hydrogen-bond acceptors (Lipinski definition) is 2. The van der Waals surface area contributed by atoms with Crippen molar-refractivity contribution in [3.63, 3.8) is 0 Å². The topological polar surface area (TPSA) is 21.3 Å². The first-order valence-electron chi connectivity index (χ1n) is 7.52. The van der Waals surface area contributed by atoms with E-state index in [-0.39, 0.29) is 5.60 Å². The first-order valence-corrected chi connectivity index (χ1v) is 7.52. The van der Waals surface area contributed by atoms with Crippen LogP contribution in [0.5, 0.6) is 0 Å². The van der Waals surface area contributed by atoms with Gasteiger partial charge in [-0.05, 0) is 37.5 Å². The molecule has 2 nitrogen and oxygen atoms in total. The van der Waals surface area contributed by atoms with Gasteiger partial charge in [-0.3, -0.25) is 0 Å². The molecule has 1 spiro atoms. The predicted molar refractivity (Wildman–Crippen MR) is 72.2 cm³/mol. The molecule has 100 valence electrons. The highest BCUT2D eigenvalue weighted by molar-refractivity contribution is 4.94. The largest absolute Gasteiger partial charge is 0.369 e. The molecule has 3 unspecified atom stereocenters. The Balaban J connectivity index is 1.94. The van der Waals surface area contributed by atoms with Crippen LogP contribution >= 0.6 is 0 Å². The second-order valence-corrected chi connectivity index (χ2v) is 6.55. The van der Waals surface area contributed by atoms with Crippen molar-refractivity contribution in [2.24, 2.45) is 11.8 Å². The molecule has 2 aliphatic rings. The van der Waals surface area contributed by atoms with E-state index in [1.165, 1.54) is 32.1 Å². The molecule has 1 N–H and O–H groups in total. The Kier molecular flexibility index (Phi) is 4.48. The summed E-state index contributed by atoms with van der Waals surface area (Å²) in [5.41, 5.74) is 0.177. The number of nitrogens with one attached hydrogen (secondary N) is 1. The summed E-state index contributed by atoms with van der Waals surface area (Å²) in [4.78, 5) is 0. The van der Waals surface area contributed by atoms with Crippen molar-refractivity contribution in [3.05, 3.63) is 0 Å². The van der Waals surface area contributed by atoms with E-state index in [4.69, 9.17) is 4.74 Å². The van der Waals surface area contributed by atoms with Gasteiger partial charge in [0, 0.05) is 13.1 Å². The summed E-state index contributed by atoms with van der Waals surface area (Å²) in [5, 5.41) is 3.60. The normalized spacial score (nSPS) is 38.8. The fraction of sp³-hybridized carbons (Fsp3) is 1.00. The highest BCUT2D eigenvalue weighted by Crippen LogP contribution is 2.39. The van der Waals surface area contributed by atoms with E-state index in [2.05, 4.69) is 26.1 Å². The second-order valence-electron chi connectivity index (χ2n) is 6.55. The van der Waals surface area contributed by atoms with Crippen LogP contribution in [0.2, 0.25) is 0 Å². The fourth-order valence-electron chi connectivity index (χ4n) is 3.70. The van der Waals surface area contributed by atoms with E-state index in [0.29, 0.717) is 6.10 Å². The van der Waals surface area contributed by atoms with Crippen LogP contribution in [-0.4, -0.2) is 24.8 Å². The maximum absolute atomic E-state index is 6.41. The smallest absolute Gasteiger partial charge is 0.0813 e. The average molecular weight is 239 g/mol. The summed E-state index contributed by atoms with van der Waals surface area (Å²) in [7, 11) is 0. The summed E-state index contributed by atoms with van der Waals surface area (Å²) in [6, 6.07) is 0. The molecule has 2 fully saturated rings. The van der Waals surface area contributed by atoms with Gasteiger partial charge in [0.2, 0.25) is 0 Å². The van der Waals surface area contributed by atoms with Gasteiger partial charge in [0.1, 0.15) is 0 Å². The monoisotopic (exact) mass is 239 g/mol. The predicted octanol–water partition coefficient (Wildman–Crippen LogP) is 3.36. The van der Waals surface area contributed by atoms with Crippen LogP contribution in [0.4, 0.5) is 0 Å². The number of ether oxygens (including phenoxy) is 1. The molecule has 0 aromatic heterocycles. The zero-order valence-corrected chi connectivity index (χ0v) is 11.8. The first-order chi connectivity index (χ1) is 8.13. The fourth-order valence-corrected chi connectivity index (χ4v) is 3.70. The second kappa shape index (κ2) is 5.71. The van der Waals surface area contributed by atoms with Crippen molar-refractivity contribution < 1.29 is 4.74 Å². The lowest BCUT2D eigenvalue weighted by atomic mass is 9.74. The summed E-state index contributed by atoms with van der Waals surface area (Å²) in [5.74, 6) is 1.72. The van der Waals surface area contributed by atoms with Gasteiger partial charge in [-0.2, -0.15) is 0 Å². The summed E-state index contributed by atoms with van der Waals surface area (Å²) < 4.78 is 6.41. The Morgan fingerprint density at radius 2 is 2.24 bits per heavy atom. The van der Waals surface area contributed by atoms with Crippen LogP contribution < -0.4 is 5.32 Å². The Hall–Kier alpha value is -0.0800. The van der Waals surface area contributed by atoms with Gasteiger partial charge in [-0.25, -0.2) is 0 Å². The molecule has 0 radical (unpaired) electrons. The molecule has 3 atom stereocenters. The maximum Gasteiger partial charge on any atom is 0.0813 e. The molecule has 2 heteroatoms. The minimum Gasteiger partial charge on any atom is -0.369 e. The van der Waals surface area contributed by atoms with E-state index in [1.807, 2.05) is 0 Å². The lowest BCUT2D eigenvalue weighted by Crippen LogP contribution is -2.55. The quantitative estimate of drug-likeness (QED) is 0.815. The van der Waals surface area contributed by atoms with Gasteiger partial charge in [0.25, 0.3) is 0 Å². The van der Waals surface area contributed by atoms with Crippen molar-refractivity contribution in [1.82, 2.24) is 5.32 Å². The van der Waals surface area contributed by atoms with Crippen LogP contribution in [0.25, 0.3) is 0 Å². The molecule has 1 saturated heterocycles. The summed E-state index contributed by atoms with van der Waals surface area (Å²) in [6.45, 7) is 9.05. The number of morpholine rings is 1. The molecule has 1 heterocycles. The lowest BCUT2D eigenvalue weighted by Gasteiger charge is -2.46. The molecule has 1 saturated carbocycles. The first kappa shape index (κ1) is 13.4. The van der Waals surface area contributed by atoms with Crippen LogP contribution in [-0.2, 0) is 4.74 Å². The van der Waals surface area contributed by atoms with Crippen molar-refractivity contribution >= 4 is 0 Å². The Morgan fingerprint density at radius 1 is 1.41 bits per heavy atom. The SMILES string of the molecule is CCC1CNCC2(CCCC(CC(C)C)C2)O1. The number of rotatable bonds is 3. The van der Waals surface area contributed by atoms with Gasteiger partial charge >= 0.3 is 0 Å². The third kappa shape index (κ3) is 3.45. The van der Waals surface area contributed by atoms with Crippen LogP contribution in [0.1, 0.15) is 59.3 Å². The van der Waals surface area contributed by atoms with Gasteiger partial charge < -0.3 is 10.1 Å². The van der Waals surface area contributed by atoms with Crippen molar-refractivity contribution in [3.8, 4) is 0 Å². The van der Waals surface area contributed by atoms with E-state index >= 15 is 0 Å². The molecular formula is C15H29NO. The maximum atomic E-state index is 6.41. The highest BCUT2D eigenvalue weighted by atomic mass is 16.5. The molecule has 1 aliphatic heterocycles. The molecule has 0 bridgehead atoms. The van der Waals surface area contributed by atoms with Crippen LogP contribution in [0.15, 0.2) is 0 Å². The Labute approximate surface area is 107 Å². The van der Waals surface area contributed by atoms with Crippen molar-refractivity contribution in [2.45, 2.75) is 71.0 Å². The number of hydrogen-bond donors (Lipinski definition) is 1. The van der Waals surface area contributed by atoms with E-state index in [0.717, 1.165) is 31.3 Å². The molecular weight excluding hydrogens is 210 g/mol. The van der Waals surface area contributed by atoms with Gasteiger partial charge in [-0.15, -0.1) is 0 Å². The molecule has 0 aromatic carbocycles. The molecule has 1 aliphatic carbocycles. The van der Waals surface area contributed by atoms with Gasteiger partial charge in [0.15, 0.2) is 0 Å². The van der Waals surface area contributed by atoms with E-state index in [9.17, 15) is 0 Å². The summed E-state index contributed by atoms with van der Waals surface area (Å²) >= 11 is 0. The standard InChI is InChI=1S/C15H29NO/c1-4-14-10-16-11-15(17-14)7-5-6-13(9-15)8-12(2)3/h12-14,16H,4-11H2,1-3H3. The minimum atomic E-state index is 0.177. The molecule has 0 aromatic rings. The van der Waals surface area contributed by atoms with E-state index in [1.54, 1.807) is 0 Å². The third-order valence-electron chi connectivity index (χ3n) is 4.40. The van der Waals surface area contributed by atoms with Crippen LogP contribution in [0.3, 0.4) is 0 Å². The minimum absolute atomic E-state index is 0.177. The molecule has 2 rings (SSSR count). The third-order valence-corrected chi connectivity index (χ3v) is 4.40. The zero-order valence-electron chi connectivity index (χ0n) is 11.8. The van der Waals surface area contributed by atoms with Crippen LogP contribution in [0, 0.1) is 11.8 Å². The van der Waals surface area contributed by atoms with Gasteiger partial charge in [0.05, 0.1) is 11.7 Å². The van der Waals surface area contributed by atoms with Crippen molar-refractivity contribution in [1.29, 1.82) is 0 Å². The Bertz CT molecular complexity index is 237. The van der Waals surface area contributed by atoms with E-state index < -0.39 is 0 Å². The van der Waals surface area contributed by atoms with Gasteiger partial charge in [-0.1, -0.05) is 33.6 Å². The lowest BCUT2D eigenvalue weighted by molar-refractivity contribution is -0.143. The average Bonchev–Trinajstić information content (AvgIpc) is 2.28. The van der Waals surface area contributed by atoms with Crippen molar-refractivity contribution in [2.75, 3.05) is 13.1 Å². The highest BCUT2D eigenvalue weighted by Gasteiger charge is 2.40. The summed E-state index contributed by atoms with van der Waals surface area (Å²) in [6.07, 6.45) is 8.29.